The zero-order valence-corrected chi connectivity index (χ0v) is 8.96. The van der Waals surface area contributed by atoms with E-state index in [1.807, 2.05) is 13.8 Å². The van der Waals surface area contributed by atoms with E-state index in [0.717, 1.165) is 6.42 Å². The largest absolute Gasteiger partial charge is 0.358 e. The van der Waals surface area contributed by atoms with Gasteiger partial charge in [-0.25, -0.2) is 0 Å². The summed E-state index contributed by atoms with van der Waals surface area (Å²) in [6.45, 7) is 3.86. The fourth-order valence-electron chi connectivity index (χ4n) is 0.886. The highest BCUT2D eigenvalue weighted by Crippen LogP contribution is 2.04. The molecule has 0 aliphatic rings. The molecule has 0 rings (SSSR count). The van der Waals surface area contributed by atoms with Crippen molar-refractivity contribution in [1.82, 2.24) is 10.6 Å². The Morgan fingerprint density at radius 2 is 2.00 bits per heavy atom. The molecule has 0 aromatic heterocycles. The van der Waals surface area contributed by atoms with Crippen LogP contribution in [0.4, 0.5) is 0 Å². The molecule has 82 valence electrons. The fourth-order valence-corrected chi connectivity index (χ4v) is 0.886. The number of hydrogen-bond donors (Lipinski definition) is 3. The topological polar surface area (TPSA) is 84.2 Å². The maximum Gasteiger partial charge on any atom is 0.239 e. The Morgan fingerprint density at radius 3 is 2.43 bits per heavy atom. The second kappa shape index (κ2) is 6.37. The van der Waals surface area contributed by atoms with Crippen LogP contribution in [0.15, 0.2) is 0 Å². The molecule has 0 aromatic rings. The molecule has 2 amide bonds. The van der Waals surface area contributed by atoms with Crippen molar-refractivity contribution in [3.05, 3.63) is 0 Å². The van der Waals surface area contributed by atoms with Crippen molar-refractivity contribution in [2.24, 2.45) is 11.7 Å². The SMILES string of the molecule is CCC(C)C(N)C(=O)NCC(=O)NC. The maximum atomic E-state index is 11.3. The van der Waals surface area contributed by atoms with Crippen LogP contribution in [0.1, 0.15) is 20.3 Å². The van der Waals surface area contributed by atoms with Crippen LogP contribution in [0.5, 0.6) is 0 Å². The van der Waals surface area contributed by atoms with E-state index in [4.69, 9.17) is 5.73 Å². The Morgan fingerprint density at radius 1 is 1.43 bits per heavy atom. The third-order valence-electron chi connectivity index (χ3n) is 2.26. The molecule has 0 aliphatic heterocycles. The second-order valence-electron chi connectivity index (χ2n) is 3.30. The highest BCUT2D eigenvalue weighted by atomic mass is 16.2. The predicted octanol–water partition coefficient (Wildman–Crippen LogP) is -0.778. The number of nitrogens with one attached hydrogen (secondary N) is 2. The Bertz CT molecular complexity index is 206. The van der Waals surface area contributed by atoms with Gasteiger partial charge in [0.2, 0.25) is 11.8 Å². The van der Waals surface area contributed by atoms with Crippen LogP contribution in [0, 0.1) is 5.92 Å². The molecule has 2 atom stereocenters. The summed E-state index contributed by atoms with van der Waals surface area (Å²) in [6, 6.07) is -0.537. The van der Waals surface area contributed by atoms with Crippen LogP contribution in [0.3, 0.4) is 0 Å². The Balaban J connectivity index is 3.90. The summed E-state index contributed by atoms with van der Waals surface area (Å²) in [4.78, 5) is 22.2. The molecule has 4 N–H and O–H groups in total. The van der Waals surface area contributed by atoms with Crippen molar-refractivity contribution in [1.29, 1.82) is 0 Å². The number of carbonyl (C=O) groups is 2. The summed E-state index contributed by atoms with van der Waals surface area (Å²) in [5.74, 6) is -0.377. The van der Waals surface area contributed by atoms with Gasteiger partial charge in [0.05, 0.1) is 12.6 Å². The summed E-state index contributed by atoms with van der Waals surface area (Å²) in [7, 11) is 1.52. The van der Waals surface area contributed by atoms with E-state index in [1.54, 1.807) is 0 Å². The van der Waals surface area contributed by atoms with E-state index >= 15 is 0 Å². The average Bonchev–Trinajstić information content (AvgIpc) is 2.22. The second-order valence-corrected chi connectivity index (χ2v) is 3.30. The highest BCUT2D eigenvalue weighted by molar-refractivity contribution is 5.87. The van der Waals surface area contributed by atoms with Crippen molar-refractivity contribution in [2.45, 2.75) is 26.3 Å². The van der Waals surface area contributed by atoms with Gasteiger partial charge in [-0.3, -0.25) is 9.59 Å². The van der Waals surface area contributed by atoms with E-state index in [0.29, 0.717) is 0 Å². The molecule has 0 fully saturated rings. The van der Waals surface area contributed by atoms with Crippen LogP contribution in [-0.2, 0) is 9.59 Å². The minimum Gasteiger partial charge on any atom is -0.358 e. The molecular weight excluding hydrogens is 182 g/mol. The Labute approximate surface area is 84.4 Å². The van der Waals surface area contributed by atoms with Crippen molar-refractivity contribution >= 4 is 11.8 Å². The summed E-state index contributed by atoms with van der Waals surface area (Å²) in [5.41, 5.74) is 5.66. The molecule has 0 saturated heterocycles. The average molecular weight is 201 g/mol. The number of carbonyl (C=O) groups excluding carboxylic acids is 2. The first-order valence-corrected chi connectivity index (χ1v) is 4.76. The Hall–Kier alpha value is -1.10. The lowest BCUT2D eigenvalue weighted by Gasteiger charge is -2.17. The lowest BCUT2D eigenvalue weighted by Crippen LogP contribution is -2.47. The van der Waals surface area contributed by atoms with Crippen molar-refractivity contribution in [3.63, 3.8) is 0 Å². The summed E-state index contributed by atoms with van der Waals surface area (Å²) < 4.78 is 0. The first-order chi connectivity index (χ1) is 6.52. The molecule has 0 saturated carbocycles. The molecule has 14 heavy (non-hydrogen) atoms. The molecule has 2 unspecified atom stereocenters. The maximum absolute atomic E-state index is 11.3. The standard InChI is InChI=1S/C9H19N3O2/c1-4-6(2)8(10)9(14)12-5-7(13)11-3/h6,8H,4-5,10H2,1-3H3,(H,11,13)(H,12,14). The first kappa shape index (κ1) is 12.9. The normalized spacial score (nSPS) is 14.3. The van der Waals surface area contributed by atoms with Gasteiger partial charge in [-0.2, -0.15) is 0 Å². The van der Waals surface area contributed by atoms with Crippen molar-refractivity contribution < 1.29 is 9.59 Å². The van der Waals surface area contributed by atoms with E-state index in [-0.39, 0.29) is 24.3 Å². The van der Waals surface area contributed by atoms with Gasteiger partial charge in [0.1, 0.15) is 0 Å². The number of rotatable bonds is 5. The first-order valence-electron chi connectivity index (χ1n) is 4.76. The van der Waals surface area contributed by atoms with Crippen LogP contribution in [0.25, 0.3) is 0 Å². The van der Waals surface area contributed by atoms with Crippen LogP contribution in [-0.4, -0.2) is 31.4 Å². The molecule has 0 aromatic carbocycles. The van der Waals surface area contributed by atoms with Gasteiger partial charge in [0.15, 0.2) is 0 Å². The van der Waals surface area contributed by atoms with E-state index in [1.165, 1.54) is 7.05 Å². The lowest BCUT2D eigenvalue weighted by molar-refractivity contribution is -0.127. The number of likely N-dealkylation sites (N-methyl/N-ethyl adjacent to an activating group) is 1. The molecular formula is C9H19N3O2. The summed E-state index contributed by atoms with van der Waals surface area (Å²) >= 11 is 0. The predicted molar refractivity (Wildman–Crippen MR) is 54.5 cm³/mol. The van der Waals surface area contributed by atoms with Gasteiger partial charge in [-0.05, 0) is 5.92 Å². The molecule has 0 spiro atoms. The van der Waals surface area contributed by atoms with E-state index in [2.05, 4.69) is 10.6 Å². The molecule has 0 radical (unpaired) electrons. The number of hydrogen-bond acceptors (Lipinski definition) is 3. The number of nitrogens with two attached hydrogens (primary N) is 1. The quantitative estimate of drug-likeness (QED) is 0.545. The number of amides is 2. The zero-order chi connectivity index (χ0) is 11.1. The molecule has 0 heterocycles. The smallest absolute Gasteiger partial charge is 0.239 e. The van der Waals surface area contributed by atoms with Crippen molar-refractivity contribution in [3.8, 4) is 0 Å². The molecule has 0 aliphatic carbocycles. The minimum absolute atomic E-state index is 0.0144. The lowest BCUT2D eigenvalue weighted by atomic mass is 9.99. The van der Waals surface area contributed by atoms with Gasteiger partial charge >= 0.3 is 0 Å². The van der Waals surface area contributed by atoms with Gasteiger partial charge < -0.3 is 16.4 Å². The zero-order valence-electron chi connectivity index (χ0n) is 8.96. The molecule has 5 heteroatoms. The van der Waals surface area contributed by atoms with Crippen LogP contribution >= 0.6 is 0 Å². The Kier molecular flexibility index (Phi) is 5.87. The molecule has 5 nitrogen and oxygen atoms in total. The third kappa shape index (κ3) is 4.23. The molecule has 0 bridgehead atoms. The van der Waals surface area contributed by atoms with Gasteiger partial charge in [-0.15, -0.1) is 0 Å². The minimum atomic E-state index is -0.537. The summed E-state index contributed by atoms with van der Waals surface area (Å²) in [5, 5.41) is 4.88. The van der Waals surface area contributed by atoms with E-state index in [9.17, 15) is 9.59 Å². The summed E-state index contributed by atoms with van der Waals surface area (Å²) in [6.07, 6.45) is 0.842. The van der Waals surface area contributed by atoms with Crippen LogP contribution < -0.4 is 16.4 Å². The van der Waals surface area contributed by atoms with Gasteiger partial charge in [0.25, 0.3) is 0 Å². The highest BCUT2D eigenvalue weighted by Gasteiger charge is 2.19. The van der Waals surface area contributed by atoms with Crippen LogP contribution in [0.2, 0.25) is 0 Å². The third-order valence-corrected chi connectivity index (χ3v) is 2.26. The van der Waals surface area contributed by atoms with E-state index < -0.39 is 6.04 Å². The monoisotopic (exact) mass is 201 g/mol. The van der Waals surface area contributed by atoms with Gasteiger partial charge in [0, 0.05) is 7.05 Å². The fraction of sp³-hybridized carbons (Fsp3) is 0.778. The van der Waals surface area contributed by atoms with Gasteiger partial charge in [-0.1, -0.05) is 20.3 Å². The van der Waals surface area contributed by atoms with Crippen molar-refractivity contribution in [2.75, 3.05) is 13.6 Å².